The molecule has 1 heterocycles. The second-order valence-electron chi connectivity index (χ2n) is 5.22. The molecule has 0 amide bonds. The molecule has 19 heavy (non-hydrogen) atoms. The molecule has 1 N–H and O–H groups in total. The summed E-state index contributed by atoms with van der Waals surface area (Å²) in [5.74, 6) is -2.17. The monoisotopic (exact) mass is 270 g/mol. The minimum atomic E-state index is -1.23. The van der Waals surface area contributed by atoms with Crippen LogP contribution in [-0.2, 0) is 0 Å². The summed E-state index contributed by atoms with van der Waals surface area (Å²) in [4.78, 5) is 11.4. The topological polar surface area (TPSA) is 66.6 Å². The molecule has 0 unspecified atom stereocenters. The Morgan fingerprint density at radius 3 is 2.53 bits per heavy atom. The summed E-state index contributed by atoms with van der Waals surface area (Å²) in [5.41, 5.74) is -1.75. The van der Waals surface area contributed by atoms with E-state index >= 15 is 0 Å². The van der Waals surface area contributed by atoms with Crippen molar-refractivity contribution >= 4 is 11.4 Å². The summed E-state index contributed by atoms with van der Waals surface area (Å²) in [6.07, 6.45) is 1.83. The van der Waals surface area contributed by atoms with Crippen molar-refractivity contribution in [1.82, 2.24) is 0 Å². The average molecular weight is 270 g/mol. The van der Waals surface area contributed by atoms with E-state index in [1.165, 1.54) is 4.90 Å². The molecule has 2 fully saturated rings. The van der Waals surface area contributed by atoms with Crippen molar-refractivity contribution in [3.05, 3.63) is 33.9 Å². The largest absolute Gasteiger partial charge is 0.386 e. The van der Waals surface area contributed by atoms with Gasteiger partial charge in [0.1, 0.15) is 5.60 Å². The zero-order valence-electron chi connectivity index (χ0n) is 9.97. The van der Waals surface area contributed by atoms with Crippen LogP contribution in [0.3, 0.4) is 0 Å². The van der Waals surface area contributed by atoms with E-state index in [9.17, 15) is 24.0 Å². The Kier molecular flexibility index (Phi) is 2.50. The van der Waals surface area contributed by atoms with Crippen LogP contribution in [0.15, 0.2) is 12.1 Å². The lowest BCUT2D eigenvalue weighted by molar-refractivity contribution is -0.384. The minimum absolute atomic E-state index is 0.110. The van der Waals surface area contributed by atoms with Crippen molar-refractivity contribution in [2.45, 2.75) is 18.4 Å². The fourth-order valence-corrected chi connectivity index (χ4v) is 2.63. The number of nitrogens with zero attached hydrogens (tertiary/aromatic N) is 2. The third-order valence-electron chi connectivity index (χ3n) is 3.83. The highest BCUT2D eigenvalue weighted by molar-refractivity contribution is 5.66. The summed E-state index contributed by atoms with van der Waals surface area (Å²) in [5, 5.41) is 21.0. The SMILES string of the molecule is O=[N+]([O-])c1ccc(F)c(F)c1N1CC(O)(C2CC2)C1. The van der Waals surface area contributed by atoms with Crippen LogP contribution in [0, 0.1) is 27.7 Å². The van der Waals surface area contributed by atoms with Crippen LogP contribution in [-0.4, -0.2) is 28.7 Å². The van der Waals surface area contributed by atoms with E-state index in [1.807, 2.05) is 0 Å². The van der Waals surface area contributed by atoms with Crippen molar-refractivity contribution in [2.24, 2.45) is 5.92 Å². The number of β-amino-alcohol motifs (C(OH)–C–C–N with tert-alkyl or cyclic N) is 1. The number of nitro groups is 1. The van der Waals surface area contributed by atoms with Gasteiger partial charge in [0.05, 0.1) is 4.92 Å². The fourth-order valence-electron chi connectivity index (χ4n) is 2.63. The standard InChI is InChI=1S/C12H12F2N2O3/c13-8-3-4-9(16(18)19)11(10(8)14)15-5-12(17,6-15)7-1-2-7/h3-4,7,17H,1-2,5-6H2. The molecule has 1 aromatic carbocycles. The molecule has 0 spiro atoms. The first kappa shape index (κ1) is 12.3. The maximum Gasteiger partial charge on any atom is 0.295 e. The lowest BCUT2D eigenvalue weighted by Crippen LogP contribution is -2.63. The summed E-state index contributed by atoms with van der Waals surface area (Å²) >= 11 is 0. The van der Waals surface area contributed by atoms with Crippen molar-refractivity contribution in [1.29, 1.82) is 0 Å². The number of aliphatic hydroxyl groups is 1. The Labute approximate surface area is 107 Å². The molecule has 1 saturated carbocycles. The van der Waals surface area contributed by atoms with Gasteiger partial charge in [0.15, 0.2) is 17.3 Å². The van der Waals surface area contributed by atoms with Gasteiger partial charge in [0.2, 0.25) is 0 Å². The molecule has 0 aromatic heterocycles. The van der Waals surface area contributed by atoms with E-state index in [0.717, 1.165) is 25.0 Å². The summed E-state index contributed by atoms with van der Waals surface area (Å²) in [6.45, 7) is 0.220. The smallest absolute Gasteiger partial charge is 0.295 e. The highest BCUT2D eigenvalue weighted by atomic mass is 19.2. The van der Waals surface area contributed by atoms with E-state index in [-0.39, 0.29) is 24.7 Å². The molecule has 0 atom stereocenters. The normalized spacial score (nSPS) is 21.1. The van der Waals surface area contributed by atoms with Crippen molar-refractivity contribution in [2.75, 3.05) is 18.0 Å². The molecule has 2 aliphatic rings. The molecule has 5 nitrogen and oxygen atoms in total. The zero-order chi connectivity index (χ0) is 13.8. The second-order valence-corrected chi connectivity index (χ2v) is 5.22. The first-order chi connectivity index (χ1) is 8.92. The number of halogens is 2. The van der Waals surface area contributed by atoms with Gasteiger partial charge in [-0.3, -0.25) is 10.1 Å². The number of rotatable bonds is 3. The van der Waals surface area contributed by atoms with Crippen molar-refractivity contribution < 1.29 is 18.8 Å². The molecule has 1 aliphatic heterocycles. The van der Waals surface area contributed by atoms with Crippen molar-refractivity contribution in [3.63, 3.8) is 0 Å². The fraction of sp³-hybridized carbons (Fsp3) is 0.500. The van der Waals surface area contributed by atoms with Gasteiger partial charge in [-0.05, 0) is 24.8 Å². The maximum absolute atomic E-state index is 13.8. The maximum atomic E-state index is 13.8. The van der Waals surface area contributed by atoms with Crippen molar-refractivity contribution in [3.8, 4) is 0 Å². The Bertz CT molecular complexity index is 554. The number of nitro benzene ring substituents is 1. The summed E-state index contributed by atoms with van der Waals surface area (Å²) in [7, 11) is 0. The number of hydrogen-bond donors (Lipinski definition) is 1. The van der Waals surface area contributed by atoms with Gasteiger partial charge in [-0.25, -0.2) is 8.78 Å². The Hall–Kier alpha value is -1.76. The first-order valence-electron chi connectivity index (χ1n) is 6.02. The van der Waals surface area contributed by atoms with E-state index in [2.05, 4.69) is 0 Å². The van der Waals surface area contributed by atoms with E-state index in [4.69, 9.17) is 0 Å². The average Bonchev–Trinajstić information content (AvgIpc) is 3.12. The van der Waals surface area contributed by atoms with Crippen LogP contribution >= 0.6 is 0 Å². The van der Waals surface area contributed by atoms with Crippen LogP contribution in [0.2, 0.25) is 0 Å². The molecule has 1 aromatic rings. The summed E-state index contributed by atoms with van der Waals surface area (Å²) < 4.78 is 27.0. The molecule has 7 heteroatoms. The van der Waals surface area contributed by atoms with Crippen LogP contribution in [0.1, 0.15) is 12.8 Å². The van der Waals surface area contributed by atoms with Crippen LogP contribution in [0.25, 0.3) is 0 Å². The molecule has 1 saturated heterocycles. The van der Waals surface area contributed by atoms with Gasteiger partial charge >= 0.3 is 0 Å². The number of benzene rings is 1. The highest BCUT2D eigenvalue weighted by Crippen LogP contribution is 2.47. The van der Waals surface area contributed by atoms with Gasteiger partial charge in [0, 0.05) is 19.2 Å². The van der Waals surface area contributed by atoms with E-state index in [0.29, 0.717) is 0 Å². The lowest BCUT2D eigenvalue weighted by atomic mass is 9.88. The summed E-state index contributed by atoms with van der Waals surface area (Å²) in [6, 6.07) is 1.69. The molecule has 1 aliphatic carbocycles. The van der Waals surface area contributed by atoms with E-state index in [1.54, 1.807) is 0 Å². The van der Waals surface area contributed by atoms with Gasteiger partial charge in [-0.15, -0.1) is 0 Å². The van der Waals surface area contributed by atoms with Gasteiger partial charge < -0.3 is 10.0 Å². The second kappa shape index (κ2) is 3.86. The number of hydrogen-bond acceptors (Lipinski definition) is 4. The minimum Gasteiger partial charge on any atom is -0.386 e. The Morgan fingerprint density at radius 2 is 2.00 bits per heavy atom. The lowest BCUT2D eigenvalue weighted by Gasteiger charge is -2.48. The van der Waals surface area contributed by atoms with Crippen LogP contribution < -0.4 is 4.90 Å². The predicted octanol–water partition coefficient (Wildman–Crippen LogP) is 1.83. The third kappa shape index (κ3) is 1.85. The van der Waals surface area contributed by atoms with Crippen LogP contribution in [0.4, 0.5) is 20.2 Å². The first-order valence-corrected chi connectivity index (χ1v) is 6.02. The van der Waals surface area contributed by atoms with Gasteiger partial charge in [0.25, 0.3) is 5.69 Å². The molecular weight excluding hydrogens is 258 g/mol. The Balaban J connectivity index is 1.92. The molecule has 0 radical (unpaired) electrons. The Morgan fingerprint density at radius 1 is 1.37 bits per heavy atom. The molecular formula is C12H12F2N2O3. The quantitative estimate of drug-likeness (QED) is 0.672. The predicted molar refractivity (Wildman–Crippen MR) is 62.9 cm³/mol. The third-order valence-corrected chi connectivity index (χ3v) is 3.83. The van der Waals surface area contributed by atoms with Gasteiger partial charge in [-0.2, -0.15) is 0 Å². The van der Waals surface area contributed by atoms with Crippen LogP contribution in [0.5, 0.6) is 0 Å². The molecule has 3 rings (SSSR count). The number of anilines is 1. The van der Waals surface area contributed by atoms with Gasteiger partial charge in [-0.1, -0.05) is 0 Å². The molecule has 0 bridgehead atoms. The molecule has 102 valence electrons. The zero-order valence-corrected chi connectivity index (χ0v) is 9.97. The highest BCUT2D eigenvalue weighted by Gasteiger charge is 2.53. The van der Waals surface area contributed by atoms with E-state index < -0.39 is 27.8 Å².